The lowest BCUT2D eigenvalue weighted by atomic mass is 9.88. The molecule has 0 heterocycles. The first-order valence-electron chi connectivity index (χ1n) is 12.3. The molecule has 0 saturated heterocycles. The number of carbonyl (C=O) groups is 1. The van der Waals surface area contributed by atoms with Gasteiger partial charge in [-0.1, -0.05) is 54.6 Å². The van der Waals surface area contributed by atoms with Crippen LogP contribution in [0, 0.1) is 12.8 Å². The fourth-order valence-electron chi connectivity index (χ4n) is 5.09. The first kappa shape index (κ1) is 26.1. The maximum atomic E-state index is 10.7. The summed E-state index contributed by atoms with van der Waals surface area (Å²) in [7, 11) is 2.03. The van der Waals surface area contributed by atoms with E-state index in [0.29, 0.717) is 19.0 Å². The van der Waals surface area contributed by atoms with Gasteiger partial charge in [-0.25, -0.2) is 0 Å². The highest BCUT2D eigenvalue weighted by atomic mass is 16.4. The van der Waals surface area contributed by atoms with Crippen LogP contribution in [0.3, 0.4) is 0 Å². The number of aliphatic hydroxyl groups excluding tert-OH is 1. The van der Waals surface area contributed by atoms with Gasteiger partial charge in [0.15, 0.2) is 0 Å². The second kappa shape index (κ2) is 11.8. The number of aliphatic hydroxyl groups is 1. The predicted octanol–water partition coefficient (Wildman–Crippen LogP) is 4.45. The molecule has 0 unspecified atom stereocenters. The van der Waals surface area contributed by atoms with Crippen molar-refractivity contribution in [2.24, 2.45) is 5.92 Å². The first-order valence-corrected chi connectivity index (χ1v) is 12.3. The summed E-state index contributed by atoms with van der Waals surface area (Å²) in [4.78, 5) is 12.8. The number of hydrogen-bond donors (Lipinski definition) is 3. The fraction of sp³-hybridized carbons (Fsp3) is 0.483. The Kier molecular flexibility index (Phi) is 9.06. The minimum Gasteiger partial charge on any atom is -0.481 e. The number of benzene rings is 2. The summed E-state index contributed by atoms with van der Waals surface area (Å²) in [6, 6.07) is 15.0. The van der Waals surface area contributed by atoms with E-state index in [0.717, 1.165) is 36.9 Å². The molecule has 0 saturated carbocycles. The summed E-state index contributed by atoms with van der Waals surface area (Å²) < 4.78 is 0. The number of likely N-dealkylation sites (N-methyl/N-ethyl adjacent to an activating group) is 1. The number of fused-ring (bicyclic) bond motifs is 1. The normalized spacial score (nSPS) is 15.2. The van der Waals surface area contributed by atoms with E-state index in [2.05, 4.69) is 60.5 Å². The molecule has 0 aliphatic heterocycles. The summed E-state index contributed by atoms with van der Waals surface area (Å²) in [6.45, 7) is 8.43. The Balaban J connectivity index is 1.42. The molecule has 5 nitrogen and oxygen atoms in total. The molecule has 0 amide bonds. The van der Waals surface area contributed by atoms with Crippen LogP contribution in [0.1, 0.15) is 54.5 Å². The molecule has 2 aromatic carbocycles. The Bertz CT molecular complexity index is 974. The highest BCUT2D eigenvalue weighted by Crippen LogP contribution is 2.31. The molecular weight excluding hydrogens is 424 g/mol. The first-order chi connectivity index (χ1) is 16.1. The summed E-state index contributed by atoms with van der Waals surface area (Å²) in [5.41, 5.74) is 6.29. The lowest BCUT2D eigenvalue weighted by Gasteiger charge is -2.31. The van der Waals surface area contributed by atoms with E-state index in [1.165, 1.54) is 16.7 Å². The topological polar surface area (TPSA) is 72.8 Å². The molecule has 0 aromatic heterocycles. The summed E-state index contributed by atoms with van der Waals surface area (Å²) >= 11 is 0. The van der Waals surface area contributed by atoms with E-state index in [-0.39, 0.29) is 12.0 Å². The molecule has 3 rings (SSSR count). The van der Waals surface area contributed by atoms with Crippen molar-refractivity contribution < 1.29 is 15.0 Å². The van der Waals surface area contributed by atoms with Gasteiger partial charge in [0.25, 0.3) is 0 Å². The van der Waals surface area contributed by atoms with E-state index in [1.807, 2.05) is 26.1 Å². The van der Waals surface area contributed by atoms with Gasteiger partial charge in [-0.05, 0) is 80.8 Å². The number of hydrogen-bond acceptors (Lipinski definition) is 4. The maximum absolute atomic E-state index is 10.7. The molecule has 2 aromatic rings. The fourth-order valence-corrected chi connectivity index (χ4v) is 5.09. The molecular formula is C29H40N2O3. The smallest absolute Gasteiger partial charge is 0.307 e. The van der Waals surface area contributed by atoms with Gasteiger partial charge in [0, 0.05) is 25.2 Å². The Hall–Kier alpha value is -2.47. The molecule has 3 N–H and O–H groups in total. The highest BCUT2D eigenvalue weighted by Gasteiger charge is 2.28. The van der Waals surface area contributed by atoms with Crippen molar-refractivity contribution in [3.63, 3.8) is 0 Å². The molecule has 0 radical (unpaired) electrons. The maximum Gasteiger partial charge on any atom is 0.307 e. The van der Waals surface area contributed by atoms with Crippen LogP contribution >= 0.6 is 0 Å². The SMILES string of the molecule is Cc1cc(CN(C)C[C@H](O)CNC(C)(C)CC2Cc3ccccc3C2)ccc1/C=C/CC(=O)O. The van der Waals surface area contributed by atoms with Crippen molar-refractivity contribution in [1.82, 2.24) is 10.2 Å². The quantitative estimate of drug-likeness (QED) is 0.433. The van der Waals surface area contributed by atoms with Crippen LogP contribution in [0.15, 0.2) is 48.5 Å². The standard InChI is InChI=1S/C29H40N2O3/c1-21-14-22(12-13-24(21)10-7-11-28(33)34)19-31(4)20-27(32)18-30-29(2,3)17-23-15-25-8-5-6-9-26(25)16-23/h5-10,12-14,23,27,30,32H,11,15-20H2,1-4H3,(H,33,34)/b10-7+/t27-/m1/s1. The average Bonchev–Trinajstić information content (AvgIpc) is 3.15. The third-order valence-corrected chi connectivity index (χ3v) is 6.65. The van der Waals surface area contributed by atoms with Gasteiger partial charge in [0.2, 0.25) is 0 Å². The molecule has 0 fully saturated rings. The van der Waals surface area contributed by atoms with Crippen LogP contribution < -0.4 is 5.32 Å². The molecule has 184 valence electrons. The van der Waals surface area contributed by atoms with Crippen molar-refractivity contribution in [2.75, 3.05) is 20.1 Å². The molecule has 0 bridgehead atoms. The van der Waals surface area contributed by atoms with Crippen molar-refractivity contribution >= 4 is 12.0 Å². The van der Waals surface area contributed by atoms with Crippen LogP contribution in [0.4, 0.5) is 0 Å². The number of β-amino-alcohol motifs (C(OH)–C–C–N with tert-alkyl or cyclic N) is 1. The second-order valence-electron chi connectivity index (χ2n) is 10.6. The zero-order chi connectivity index (χ0) is 24.7. The van der Waals surface area contributed by atoms with E-state index in [9.17, 15) is 9.90 Å². The van der Waals surface area contributed by atoms with Gasteiger partial charge >= 0.3 is 5.97 Å². The number of rotatable bonds is 12. The van der Waals surface area contributed by atoms with Crippen molar-refractivity contribution in [3.05, 3.63) is 76.4 Å². The van der Waals surface area contributed by atoms with Gasteiger partial charge in [0.05, 0.1) is 12.5 Å². The lowest BCUT2D eigenvalue weighted by molar-refractivity contribution is -0.135. The molecule has 0 spiro atoms. The van der Waals surface area contributed by atoms with Gasteiger partial charge in [0.1, 0.15) is 0 Å². The monoisotopic (exact) mass is 464 g/mol. The minimum absolute atomic E-state index is 0.0205. The van der Waals surface area contributed by atoms with Crippen LogP contribution in [0.5, 0.6) is 0 Å². The predicted molar refractivity (Wildman–Crippen MR) is 139 cm³/mol. The average molecular weight is 465 g/mol. The van der Waals surface area contributed by atoms with Gasteiger partial charge < -0.3 is 15.5 Å². The van der Waals surface area contributed by atoms with Gasteiger partial charge in [-0.2, -0.15) is 0 Å². The molecule has 1 aliphatic carbocycles. The summed E-state index contributed by atoms with van der Waals surface area (Å²) in [5.74, 6) is -0.169. The Morgan fingerprint density at radius 3 is 2.50 bits per heavy atom. The Morgan fingerprint density at radius 1 is 1.21 bits per heavy atom. The molecule has 1 atom stereocenters. The number of carboxylic acid groups (broad SMARTS) is 1. The van der Waals surface area contributed by atoms with E-state index in [4.69, 9.17) is 5.11 Å². The van der Waals surface area contributed by atoms with Crippen molar-refractivity contribution in [3.8, 4) is 0 Å². The number of carboxylic acids is 1. The molecule has 34 heavy (non-hydrogen) atoms. The lowest BCUT2D eigenvalue weighted by Crippen LogP contribution is -2.47. The van der Waals surface area contributed by atoms with Crippen LogP contribution in [-0.2, 0) is 24.2 Å². The minimum atomic E-state index is -0.826. The van der Waals surface area contributed by atoms with Gasteiger partial charge in [-0.3, -0.25) is 9.69 Å². The zero-order valence-electron chi connectivity index (χ0n) is 21.1. The van der Waals surface area contributed by atoms with Gasteiger partial charge in [-0.15, -0.1) is 0 Å². The highest BCUT2D eigenvalue weighted by molar-refractivity contribution is 5.70. The molecule has 1 aliphatic rings. The third kappa shape index (κ3) is 8.08. The number of aliphatic carboxylic acids is 1. The summed E-state index contributed by atoms with van der Waals surface area (Å²) in [5, 5.41) is 23.0. The van der Waals surface area contributed by atoms with Crippen molar-refractivity contribution in [1.29, 1.82) is 0 Å². The third-order valence-electron chi connectivity index (χ3n) is 6.65. The zero-order valence-corrected chi connectivity index (χ0v) is 21.1. The van der Waals surface area contributed by atoms with E-state index in [1.54, 1.807) is 6.08 Å². The van der Waals surface area contributed by atoms with E-state index < -0.39 is 12.1 Å². The van der Waals surface area contributed by atoms with Crippen LogP contribution in [0.2, 0.25) is 0 Å². The molecule has 5 heteroatoms. The Morgan fingerprint density at radius 2 is 1.88 bits per heavy atom. The summed E-state index contributed by atoms with van der Waals surface area (Å²) in [6.07, 6.45) is 6.52. The van der Waals surface area contributed by atoms with E-state index >= 15 is 0 Å². The van der Waals surface area contributed by atoms with Crippen LogP contribution in [-0.4, -0.2) is 52.9 Å². The van der Waals surface area contributed by atoms with Crippen LogP contribution in [0.25, 0.3) is 6.08 Å². The number of nitrogens with one attached hydrogen (secondary N) is 1. The Labute approximate surface area is 204 Å². The second-order valence-corrected chi connectivity index (χ2v) is 10.6. The van der Waals surface area contributed by atoms with Crippen molar-refractivity contribution in [2.45, 2.75) is 64.6 Å². The number of nitrogens with zero attached hydrogens (tertiary/aromatic N) is 1. The number of aryl methyl sites for hydroxylation is 1. The largest absolute Gasteiger partial charge is 0.481 e.